The number of alkyl halides is 3. The predicted octanol–water partition coefficient (Wildman–Crippen LogP) is 5.31. The summed E-state index contributed by atoms with van der Waals surface area (Å²) in [6.07, 6.45) is 3.58. The van der Waals surface area contributed by atoms with Crippen LogP contribution in [0.15, 0.2) is 22.7 Å². The van der Waals surface area contributed by atoms with Crippen LogP contribution in [-0.2, 0) is 6.18 Å². The van der Waals surface area contributed by atoms with E-state index in [1.807, 2.05) is 6.92 Å². The molecule has 116 valence electrons. The lowest BCUT2D eigenvalue weighted by Gasteiger charge is -2.23. The summed E-state index contributed by atoms with van der Waals surface area (Å²) >= 11 is 3.11. The van der Waals surface area contributed by atoms with Gasteiger partial charge in [-0.15, -0.1) is 12.3 Å². The third kappa shape index (κ3) is 5.72. The molecule has 1 atom stereocenters. The van der Waals surface area contributed by atoms with Crippen LogP contribution in [0.3, 0.4) is 0 Å². The number of hydrogen-bond acceptors (Lipinski definition) is 1. The van der Waals surface area contributed by atoms with Gasteiger partial charge in [0.15, 0.2) is 0 Å². The van der Waals surface area contributed by atoms with Gasteiger partial charge in [0.05, 0.1) is 5.56 Å². The zero-order chi connectivity index (χ0) is 15.9. The van der Waals surface area contributed by atoms with Crippen molar-refractivity contribution in [1.82, 2.24) is 5.32 Å². The molecule has 0 aromatic heterocycles. The lowest BCUT2D eigenvalue weighted by molar-refractivity contribution is -0.138. The Bertz CT molecular complexity index is 491. The van der Waals surface area contributed by atoms with Crippen LogP contribution in [0, 0.1) is 12.3 Å². The van der Waals surface area contributed by atoms with Crippen molar-refractivity contribution >= 4 is 15.9 Å². The number of benzene rings is 1. The lowest BCUT2D eigenvalue weighted by Crippen LogP contribution is -2.25. The highest BCUT2D eigenvalue weighted by atomic mass is 79.9. The van der Waals surface area contributed by atoms with Gasteiger partial charge in [-0.25, -0.2) is 0 Å². The molecule has 1 unspecified atom stereocenters. The van der Waals surface area contributed by atoms with Crippen LogP contribution in [0.1, 0.15) is 49.8 Å². The molecule has 1 aromatic carbocycles. The Morgan fingerprint density at radius 3 is 2.67 bits per heavy atom. The summed E-state index contributed by atoms with van der Waals surface area (Å²) in [5.74, 6) is 2.53. The van der Waals surface area contributed by atoms with Crippen molar-refractivity contribution < 1.29 is 13.2 Å². The average molecular weight is 362 g/mol. The third-order valence-electron chi connectivity index (χ3n) is 3.15. The molecular weight excluding hydrogens is 343 g/mol. The van der Waals surface area contributed by atoms with Crippen molar-refractivity contribution in [3.8, 4) is 12.3 Å². The highest BCUT2D eigenvalue weighted by molar-refractivity contribution is 9.10. The Morgan fingerprint density at radius 1 is 1.38 bits per heavy atom. The maximum atomic E-state index is 13.2. The van der Waals surface area contributed by atoms with E-state index in [1.165, 1.54) is 6.07 Å². The van der Waals surface area contributed by atoms with E-state index in [2.05, 4.69) is 27.2 Å². The molecular formula is C16H19BrF3N. The fourth-order valence-electron chi connectivity index (χ4n) is 2.17. The molecule has 1 N–H and O–H groups in total. The van der Waals surface area contributed by atoms with E-state index in [4.69, 9.17) is 6.42 Å². The molecule has 1 nitrogen and oxygen atoms in total. The van der Waals surface area contributed by atoms with Gasteiger partial charge in [0, 0.05) is 16.9 Å². The molecule has 0 saturated heterocycles. The van der Waals surface area contributed by atoms with E-state index in [0.29, 0.717) is 30.3 Å². The summed E-state index contributed by atoms with van der Waals surface area (Å²) in [6.45, 7) is 2.66. The molecule has 0 amide bonds. The maximum absolute atomic E-state index is 13.2. The van der Waals surface area contributed by atoms with Crippen LogP contribution < -0.4 is 5.32 Å². The van der Waals surface area contributed by atoms with Gasteiger partial charge < -0.3 is 5.32 Å². The minimum absolute atomic E-state index is 0.288. The molecule has 0 fully saturated rings. The Kier molecular flexibility index (Phi) is 7.27. The fourth-order valence-corrected chi connectivity index (χ4v) is 2.53. The smallest absolute Gasteiger partial charge is 0.310 e. The van der Waals surface area contributed by atoms with Gasteiger partial charge in [0.1, 0.15) is 0 Å². The van der Waals surface area contributed by atoms with Crippen molar-refractivity contribution in [2.24, 2.45) is 0 Å². The van der Waals surface area contributed by atoms with E-state index in [-0.39, 0.29) is 11.6 Å². The van der Waals surface area contributed by atoms with Crippen LogP contribution >= 0.6 is 15.9 Å². The van der Waals surface area contributed by atoms with Gasteiger partial charge in [-0.2, -0.15) is 13.2 Å². The molecule has 5 heteroatoms. The number of hydrogen-bond donors (Lipinski definition) is 1. The average Bonchev–Trinajstić information content (AvgIpc) is 2.42. The molecule has 0 radical (unpaired) electrons. The molecule has 0 bridgehead atoms. The molecule has 21 heavy (non-hydrogen) atoms. The summed E-state index contributed by atoms with van der Waals surface area (Å²) in [5.41, 5.74) is -0.303. The highest BCUT2D eigenvalue weighted by Gasteiger charge is 2.35. The maximum Gasteiger partial charge on any atom is 0.416 e. The van der Waals surface area contributed by atoms with Gasteiger partial charge >= 0.3 is 6.18 Å². The highest BCUT2D eigenvalue weighted by Crippen LogP contribution is 2.37. The molecule has 0 heterocycles. The molecule has 0 aliphatic carbocycles. The van der Waals surface area contributed by atoms with Crippen LogP contribution in [0.2, 0.25) is 0 Å². The van der Waals surface area contributed by atoms with Crippen molar-refractivity contribution in [1.29, 1.82) is 0 Å². The second kappa shape index (κ2) is 8.45. The molecule has 1 aromatic rings. The minimum atomic E-state index is -4.36. The van der Waals surface area contributed by atoms with Crippen molar-refractivity contribution in [3.05, 3.63) is 33.8 Å². The van der Waals surface area contributed by atoms with E-state index < -0.39 is 11.7 Å². The summed E-state index contributed by atoms with van der Waals surface area (Å²) in [6, 6.07) is 3.99. The largest absolute Gasteiger partial charge is 0.416 e. The summed E-state index contributed by atoms with van der Waals surface area (Å²) in [4.78, 5) is 0. The van der Waals surface area contributed by atoms with Gasteiger partial charge in [-0.1, -0.05) is 28.9 Å². The Hall–Kier alpha value is -0.990. The number of unbranched alkanes of at least 4 members (excludes halogenated alkanes) is 1. The van der Waals surface area contributed by atoms with E-state index in [9.17, 15) is 13.2 Å². The number of rotatable bonds is 7. The topological polar surface area (TPSA) is 12.0 Å². The molecule has 0 spiro atoms. The zero-order valence-electron chi connectivity index (χ0n) is 11.9. The van der Waals surface area contributed by atoms with E-state index >= 15 is 0 Å². The van der Waals surface area contributed by atoms with Gasteiger partial charge in [0.25, 0.3) is 0 Å². The van der Waals surface area contributed by atoms with Crippen LogP contribution in [0.4, 0.5) is 13.2 Å². The second-order valence-electron chi connectivity index (χ2n) is 4.83. The molecule has 1 rings (SSSR count). The van der Waals surface area contributed by atoms with E-state index in [1.54, 1.807) is 6.07 Å². The first-order valence-corrected chi connectivity index (χ1v) is 7.73. The first-order chi connectivity index (χ1) is 9.90. The molecule has 0 aliphatic rings. The standard InChI is InChI=1S/C16H19BrF3N/c1-3-5-6-7-15(21-10-4-2)13-9-8-12(17)11-14(13)16(18,19)20/h1,8-9,11,15,21H,4-7,10H2,2H3. The van der Waals surface area contributed by atoms with E-state index in [0.717, 1.165) is 12.5 Å². The lowest BCUT2D eigenvalue weighted by atomic mass is 9.95. The van der Waals surface area contributed by atoms with Gasteiger partial charge in [0.2, 0.25) is 0 Å². The van der Waals surface area contributed by atoms with Gasteiger partial charge in [-0.3, -0.25) is 0 Å². The molecule has 0 saturated carbocycles. The first-order valence-electron chi connectivity index (χ1n) is 6.93. The van der Waals surface area contributed by atoms with Crippen molar-refractivity contribution in [2.45, 2.75) is 44.8 Å². The van der Waals surface area contributed by atoms with Crippen molar-refractivity contribution in [2.75, 3.05) is 6.54 Å². The van der Waals surface area contributed by atoms with Gasteiger partial charge in [-0.05, 0) is 43.5 Å². The van der Waals surface area contributed by atoms with Crippen LogP contribution in [0.25, 0.3) is 0 Å². The summed E-state index contributed by atoms with van der Waals surface area (Å²) < 4.78 is 40.1. The number of halogens is 4. The summed E-state index contributed by atoms with van der Waals surface area (Å²) in [7, 11) is 0. The minimum Gasteiger partial charge on any atom is -0.310 e. The van der Waals surface area contributed by atoms with Crippen molar-refractivity contribution in [3.63, 3.8) is 0 Å². The first kappa shape index (κ1) is 18.1. The second-order valence-corrected chi connectivity index (χ2v) is 5.75. The SMILES string of the molecule is C#CCCCC(NCCC)c1ccc(Br)cc1C(F)(F)F. The van der Waals surface area contributed by atoms with Crippen LogP contribution in [0.5, 0.6) is 0 Å². The fraction of sp³-hybridized carbons (Fsp3) is 0.500. The predicted molar refractivity (Wildman–Crippen MR) is 82.9 cm³/mol. The Balaban J connectivity index is 3.07. The molecule has 0 aliphatic heterocycles. The quantitative estimate of drug-likeness (QED) is 0.512. The Labute approximate surface area is 132 Å². The van der Waals surface area contributed by atoms with Crippen LogP contribution in [-0.4, -0.2) is 6.54 Å². The summed E-state index contributed by atoms with van der Waals surface area (Å²) in [5, 5.41) is 3.19. The number of nitrogens with one attached hydrogen (secondary N) is 1. The zero-order valence-corrected chi connectivity index (χ0v) is 13.5. The monoisotopic (exact) mass is 361 g/mol. The Morgan fingerprint density at radius 2 is 2.10 bits per heavy atom. The number of terminal acetylenes is 1. The normalized spacial score (nSPS) is 13.0. The third-order valence-corrected chi connectivity index (χ3v) is 3.64.